The number of nitrogens with zero attached hydrogens (tertiary/aromatic N) is 1. The molecule has 0 unspecified atom stereocenters. The van der Waals surface area contributed by atoms with E-state index in [1.54, 1.807) is 18.3 Å². The predicted octanol–water partition coefficient (Wildman–Crippen LogP) is 1.44. The van der Waals surface area contributed by atoms with Crippen LogP contribution in [0.2, 0.25) is 0 Å². The Hall–Kier alpha value is -1.97. The first-order chi connectivity index (χ1) is 7.70. The molecule has 2 aromatic rings. The van der Waals surface area contributed by atoms with Crippen LogP contribution in [0.1, 0.15) is 19.0 Å². The van der Waals surface area contributed by atoms with Crippen LogP contribution in [0.5, 0.6) is 0 Å². The lowest BCUT2D eigenvalue weighted by Gasteiger charge is -2.01. The zero-order valence-corrected chi connectivity index (χ0v) is 8.99. The Morgan fingerprint density at radius 2 is 2.31 bits per heavy atom. The summed E-state index contributed by atoms with van der Waals surface area (Å²) in [6.07, 6.45) is 2.33. The molecule has 0 amide bonds. The largest absolute Gasteiger partial charge is 0.324 e. The van der Waals surface area contributed by atoms with Gasteiger partial charge in [-0.15, -0.1) is 0 Å². The molecule has 0 aromatic carbocycles. The van der Waals surface area contributed by atoms with Gasteiger partial charge in [0.25, 0.3) is 5.56 Å². The number of ketones is 1. The number of H-pyrrole nitrogens is 1. The first-order valence-corrected chi connectivity index (χ1v) is 5.19. The fourth-order valence-corrected chi connectivity index (χ4v) is 1.59. The first kappa shape index (κ1) is 10.5. The fourth-order valence-electron chi connectivity index (χ4n) is 1.59. The number of carbonyl (C=O) groups is 1. The van der Waals surface area contributed by atoms with Gasteiger partial charge >= 0.3 is 0 Å². The lowest BCUT2D eigenvalue weighted by Crippen LogP contribution is -2.13. The summed E-state index contributed by atoms with van der Waals surface area (Å²) in [6, 6.07) is 5.39. The Labute approximate surface area is 92.3 Å². The molecule has 1 N–H and O–H groups in total. The molecular weight excluding hydrogens is 204 g/mol. The molecule has 82 valence electrons. The van der Waals surface area contributed by atoms with Crippen molar-refractivity contribution in [3.05, 3.63) is 40.4 Å². The smallest absolute Gasteiger partial charge is 0.274 e. The minimum Gasteiger partial charge on any atom is -0.324 e. The summed E-state index contributed by atoms with van der Waals surface area (Å²) in [5.41, 5.74) is 0.824. The number of aromatic amines is 1. The summed E-state index contributed by atoms with van der Waals surface area (Å²) in [6.45, 7) is 1.81. The van der Waals surface area contributed by atoms with E-state index in [9.17, 15) is 9.59 Å². The van der Waals surface area contributed by atoms with Gasteiger partial charge in [-0.3, -0.25) is 14.6 Å². The number of rotatable bonds is 3. The molecule has 0 saturated carbocycles. The summed E-state index contributed by atoms with van der Waals surface area (Å²) in [5, 5.41) is 0.769. The molecule has 0 atom stereocenters. The van der Waals surface area contributed by atoms with Crippen LogP contribution in [-0.2, 0) is 11.2 Å². The number of Topliss-reactive ketones (excluding diaryl/α,β-unsaturated/α-hetero) is 1. The van der Waals surface area contributed by atoms with E-state index >= 15 is 0 Å². The lowest BCUT2D eigenvalue weighted by molar-refractivity contribution is -0.118. The second-order valence-electron chi connectivity index (χ2n) is 3.63. The number of carbonyl (C=O) groups excluding carboxylic acids is 1. The van der Waals surface area contributed by atoms with E-state index < -0.39 is 0 Å². The van der Waals surface area contributed by atoms with Gasteiger partial charge in [-0.25, -0.2) is 0 Å². The van der Waals surface area contributed by atoms with E-state index in [0.717, 1.165) is 5.39 Å². The Morgan fingerprint density at radius 3 is 3.06 bits per heavy atom. The van der Waals surface area contributed by atoms with Gasteiger partial charge in [0.2, 0.25) is 0 Å². The number of hydrogen-bond acceptors (Lipinski definition) is 3. The summed E-state index contributed by atoms with van der Waals surface area (Å²) in [5.74, 6) is 0.110. The zero-order valence-electron chi connectivity index (χ0n) is 8.99. The van der Waals surface area contributed by atoms with Gasteiger partial charge < -0.3 is 4.98 Å². The zero-order chi connectivity index (χ0) is 11.5. The van der Waals surface area contributed by atoms with Crippen molar-refractivity contribution in [2.24, 2.45) is 0 Å². The summed E-state index contributed by atoms with van der Waals surface area (Å²) < 4.78 is 0. The quantitative estimate of drug-likeness (QED) is 0.844. The molecule has 4 nitrogen and oxygen atoms in total. The third-order valence-corrected chi connectivity index (χ3v) is 2.44. The molecule has 0 bridgehead atoms. The Morgan fingerprint density at radius 1 is 1.50 bits per heavy atom. The van der Waals surface area contributed by atoms with E-state index in [1.807, 2.05) is 13.0 Å². The highest BCUT2D eigenvalue weighted by atomic mass is 16.1. The first-order valence-electron chi connectivity index (χ1n) is 5.19. The van der Waals surface area contributed by atoms with Gasteiger partial charge in [0, 0.05) is 30.1 Å². The van der Waals surface area contributed by atoms with Crippen LogP contribution in [0, 0.1) is 0 Å². The predicted molar refractivity (Wildman–Crippen MR) is 61.4 cm³/mol. The molecule has 0 saturated heterocycles. The normalized spacial score (nSPS) is 10.6. The van der Waals surface area contributed by atoms with E-state index in [-0.39, 0.29) is 17.8 Å². The molecule has 0 radical (unpaired) electrons. The lowest BCUT2D eigenvalue weighted by atomic mass is 10.1. The number of aromatic nitrogens is 2. The number of fused-ring (bicyclic) bond motifs is 1. The Balaban J connectivity index is 2.50. The van der Waals surface area contributed by atoms with E-state index in [4.69, 9.17) is 0 Å². The molecule has 0 aliphatic rings. The van der Waals surface area contributed by atoms with Crippen molar-refractivity contribution < 1.29 is 4.79 Å². The van der Waals surface area contributed by atoms with E-state index in [1.165, 1.54) is 0 Å². The average molecular weight is 216 g/mol. The number of pyridine rings is 2. The second kappa shape index (κ2) is 4.26. The van der Waals surface area contributed by atoms with Crippen molar-refractivity contribution in [3.8, 4) is 0 Å². The van der Waals surface area contributed by atoms with Crippen molar-refractivity contribution in [1.82, 2.24) is 9.97 Å². The number of nitrogens with one attached hydrogen (secondary N) is 1. The van der Waals surface area contributed by atoms with Crippen LogP contribution in [0.3, 0.4) is 0 Å². The van der Waals surface area contributed by atoms with Crippen LogP contribution in [0.25, 0.3) is 10.9 Å². The van der Waals surface area contributed by atoms with Crippen molar-refractivity contribution >= 4 is 16.7 Å². The fraction of sp³-hybridized carbons (Fsp3) is 0.250. The van der Waals surface area contributed by atoms with Gasteiger partial charge in [0.1, 0.15) is 11.3 Å². The minimum absolute atomic E-state index is 0.110. The summed E-state index contributed by atoms with van der Waals surface area (Å²) in [4.78, 5) is 29.6. The van der Waals surface area contributed by atoms with E-state index in [2.05, 4.69) is 9.97 Å². The van der Waals surface area contributed by atoms with Crippen LogP contribution in [0.15, 0.2) is 29.2 Å². The maximum Gasteiger partial charge on any atom is 0.274 e. The van der Waals surface area contributed by atoms with Gasteiger partial charge in [-0.05, 0) is 12.1 Å². The Bertz CT molecular complexity index is 587. The molecule has 2 aromatic heterocycles. The molecule has 4 heteroatoms. The van der Waals surface area contributed by atoms with Crippen molar-refractivity contribution in [2.75, 3.05) is 0 Å². The summed E-state index contributed by atoms with van der Waals surface area (Å²) in [7, 11) is 0. The monoisotopic (exact) mass is 216 g/mol. The minimum atomic E-state index is -0.239. The topological polar surface area (TPSA) is 62.8 Å². The molecule has 0 fully saturated rings. The SMILES string of the molecule is CCC(=O)Cc1cc2cccnc2c(=O)[nH]1. The highest BCUT2D eigenvalue weighted by Crippen LogP contribution is 2.08. The van der Waals surface area contributed by atoms with Crippen LogP contribution in [-0.4, -0.2) is 15.8 Å². The number of hydrogen-bond donors (Lipinski definition) is 1. The molecule has 0 aliphatic carbocycles. The third-order valence-electron chi connectivity index (χ3n) is 2.44. The van der Waals surface area contributed by atoms with Crippen LogP contribution in [0.4, 0.5) is 0 Å². The highest BCUT2D eigenvalue weighted by Gasteiger charge is 2.05. The third kappa shape index (κ3) is 2.00. The summed E-state index contributed by atoms with van der Waals surface area (Å²) >= 11 is 0. The van der Waals surface area contributed by atoms with Gasteiger partial charge in [0.15, 0.2) is 0 Å². The van der Waals surface area contributed by atoms with Crippen LogP contribution >= 0.6 is 0 Å². The van der Waals surface area contributed by atoms with Gasteiger partial charge in [0.05, 0.1) is 0 Å². The van der Waals surface area contributed by atoms with Crippen molar-refractivity contribution in [2.45, 2.75) is 19.8 Å². The average Bonchev–Trinajstić information content (AvgIpc) is 2.29. The molecule has 16 heavy (non-hydrogen) atoms. The van der Waals surface area contributed by atoms with Gasteiger partial charge in [-0.1, -0.05) is 13.0 Å². The highest BCUT2D eigenvalue weighted by molar-refractivity contribution is 5.82. The standard InChI is InChI=1S/C12H12N2O2/c1-2-10(15)7-9-6-8-4-3-5-13-11(8)12(16)14-9/h3-6H,2,7H2,1H3,(H,14,16). The van der Waals surface area contributed by atoms with Crippen molar-refractivity contribution in [1.29, 1.82) is 0 Å². The van der Waals surface area contributed by atoms with Crippen LogP contribution < -0.4 is 5.56 Å². The molecule has 0 spiro atoms. The maximum absolute atomic E-state index is 11.6. The molecule has 2 heterocycles. The van der Waals surface area contributed by atoms with Crippen molar-refractivity contribution in [3.63, 3.8) is 0 Å². The molecular formula is C12H12N2O2. The van der Waals surface area contributed by atoms with E-state index in [0.29, 0.717) is 17.6 Å². The maximum atomic E-state index is 11.6. The Kier molecular flexibility index (Phi) is 2.81. The second-order valence-corrected chi connectivity index (χ2v) is 3.63. The molecule has 2 rings (SSSR count). The van der Waals surface area contributed by atoms with Gasteiger partial charge in [-0.2, -0.15) is 0 Å². The molecule has 0 aliphatic heterocycles.